The molecule has 1 aromatic carbocycles. The Morgan fingerprint density at radius 2 is 1.92 bits per heavy atom. The predicted octanol–water partition coefficient (Wildman–Crippen LogP) is 3.25. The van der Waals surface area contributed by atoms with Gasteiger partial charge in [-0.05, 0) is 37.8 Å². The van der Waals surface area contributed by atoms with Gasteiger partial charge in [0.05, 0.1) is 18.0 Å². The van der Waals surface area contributed by atoms with Gasteiger partial charge in [-0.25, -0.2) is 14.4 Å². The van der Waals surface area contributed by atoms with Gasteiger partial charge >= 0.3 is 0 Å². The van der Waals surface area contributed by atoms with Crippen molar-refractivity contribution in [1.29, 1.82) is 0 Å². The van der Waals surface area contributed by atoms with Crippen LogP contribution >= 0.6 is 0 Å². The summed E-state index contributed by atoms with van der Waals surface area (Å²) >= 11 is 0. The van der Waals surface area contributed by atoms with Crippen LogP contribution in [0, 0.1) is 5.82 Å². The molecule has 2 heterocycles. The van der Waals surface area contributed by atoms with E-state index >= 15 is 0 Å². The maximum absolute atomic E-state index is 14.1. The van der Waals surface area contributed by atoms with Gasteiger partial charge in [0.25, 0.3) is 0 Å². The highest BCUT2D eigenvalue weighted by molar-refractivity contribution is 5.71. The number of nitrogens with zero attached hydrogens (tertiary/aromatic N) is 3. The normalized spacial score (nSPS) is 21.1. The Labute approximate surface area is 139 Å². The van der Waals surface area contributed by atoms with E-state index in [4.69, 9.17) is 0 Å². The molecule has 0 saturated heterocycles. The highest BCUT2D eigenvalue weighted by atomic mass is 19.1. The molecule has 2 N–H and O–H groups in total. The maximum Gasteiger partial charge on any atom is 0.180 e. The van der Waals surface area contributed by atoms with E-state index in [1.165, 1.54) is 6.07 Å². The van der Waals surface area contributed by atoms with E-state index in [0.717, 1.165) is 25.7 Å². The number of hydrogen-bond acceptors (Lipinski definition) is 4. The van der Waals surface area contributed by atoms with Crippen LogP contribution in [0.2, 0.25) is 0 Å². The molecule has 5 nitrogen and oxygen atoms in total. The number of aliphatic hydroxyl groups is 1. The molecule has 2 aromatic heterocycles. The number of imidazole rings is 1. The smallest absolute Gasteiger partial charge is 0.180 e. The molecule has 24 heavy (non-hydrogen) atoms. The Kier molecular flexibility index (Phi) is 3.90. The largest absolute Gasteiger partial charge is 0.393 e. The van der Waals surface area contributed by atoms with Crippen molar-refractivity contribution in [3.63, 3.8) is 0 Å². The van der Waals surface area contributed by atoms with E-state index < -0.39 is 0 Å². The molecule has 0 aliphatic heterocycles. The molecule has 0 spiro atoms. The van der Waals surface area contributed by atoms with E-state index in [1.54, 1.807) is 30.7 Å². The monoisotopic (exact) mass is 326 g/mol. The number of halogens is 1. The first-order valence-corrected chi connectivity index (χ1v) is 8.24. The summed E-state index contributed by atoms with van der Waals surface area (Å²) in [4.78, 5) is 8.84. The van der Waals surface area contributed by atoms with Crippen molar-refractivity contribution in [3.8, 4) is 11.3 Å². The van der Waals surface area contributed by atoms with Crippen molar-refractivity contribution < 1.29 is 9.50 Å². The number of fused-ring (bicyclic) bond motifs is 1. The van der Waals surface area contributed by atoms with E-state index in [-0.39, 0.29) is 18.0 Å². The van der Waals surface area contributed by atoms with Crippen LogP contribution in [0.15, 0.2) is 42.9 Å². The second kappa shape index (κ2) is 6.20. The molecule has 4 rings (SSSR count). The van der Waals surface area contributed by atoms with Gasteiger partial charge in [0.2, 0.25) is 0 Å². The van der Waals surface area contributed by atoms with Gasteiger partial charge in [0.15, 0.2) is 11.5 Å². The molecule has 0 bridgehead atoms. The van der Waals surface area contributed by atoms with Gasteiger partial charge in [-0.3, -0.25) is 4.40 Å². The summed E-state index contributed by atoms with van der Waals surface area (Å²) in [7, 11) is 0. The first-order valence-electron chi connectivity index (χ1n) is 8.24. The number of aromatic nitrogens is 3. The third-order valence-corrected chi connectivity index (χ3v) is 4.62. The summed E-state index contributed by atoms with van der Waals surface area (Å²) in [6.45, 7) is 0. The van der Waals surface area contributed by atoms with E-state index in [0.29, 0.717) is 22.7 Å². The highest BCUT2D eigenvalue weighted by Gasteiger charge is 2.21. The lowest BCUT2D eigenvalue weighted by Gasteiger charge is -2.26. The molecule has 1 aliphatic rings. The Morgan fingerprint density at radius 1 is 1.12 bits per heavy atom. The lowest BCUT2D eigenvalue weighted by atomic mass is 9.93. The summed E-state index contributed by atoms with van der Waals surface area (Å²) in [6, 6.07) is 6.96. The maximum atomic E-state index is 14.1. The van der Waals surface area contributed by atoms with Crippen molar-refractivity contribution in [2.45, 2.75) is 37.8 Å². The summed E-state index contributed by atoms with van der Waals surface area (Å²) in [5, 5.41) is 13.0. The van der Waals surface area contributed by atoms with Gasteiger partial charge in [0, 0.05) is 24.0 Å². The van der Waals surface area contributed by atoms with Crippen LogP contribution in [0.1, 0.15) is 25.7 Å². The minimum Gasteiger partial charge on any atom is -0.393 e. The van der Waals surface area contributed by atoms with Crippen LogP contribution in [0.4, 0.5) is 10.2 Å². The topological polar surface area (TPSA) is 62.5 Å². The fraction of sp³-hybridized carbons (Fsp3) is 0.333. The van der Waals surface area contributed by atoms with E-state index in [9.17, 15) is 9.50 Å². The van der Waals surface area contributed by atoms with Gasteiger partial charge in [0.1, 0.15) is 5.82 Å². The molecule has 1 fully saturated rings. The molecule has 1 saturated carbocycles. The van der Waals surface area contributed by atoms with Crippen molar-refractivity contribution in [3.05, 3.63) is 48.7 Å². The molecule has 6 heteroatoms. The van der Waals surface area contributed by atoms with Crippen molar-refractivity contribution >= 4 is 11.5 Å². The number of anilines is 1. The minimum absolute atomic E-state index is 0.189. The first kappa shape index (κ1) is 15.1. The van der Waals surface area contributed by atoms with E-state index in [2.05, 4.69) is 15.3 Å². The standard InChI is InChI=1S/C18H19FN4O/c19-15-4-2-1-3-14(15)16-11-21-18-17(20-9-10-23(16)18)22-12-5-7-13(24)8-6-12/h1-4,9-13,24H,5-8H2,(H,20,22). The van der Waals surface area contributed by atoms with Gasteiger partial charge in [-0.2, -0.15) is 0 Å². The zero-order valence-electron chi connectivity index (χ0n) is 13.2. The molecule has 124 valence electrons. The molecule has 3 aromatic rings. The number of rotatable bonds is 3. The molecular weight excluding hydrogens is 307 g/mol. The number of nitrogens with one attached hydrogen (secondary N) is 1. The van der Waals surface area contributed by atoms with Crippen molar-refractivity contribution in [2.24, 2.45) is 0 Å². The van der Waals surface area contributed by atoms with Crippen LogP contribution in [0.25, 0.3) is 16.9 Å². The van der Waals surface area contributed by atoms with E-state index in [1.807, 2.05) is 10.5 Å². The Bertz CT molecular complexity index is 855. The van der Waals surface area contributed by atoms with Crippen molar-refractivity contribution in [1.82, 2.24) is 14.4 Å². The van der Waals surface area contributed by atoms with Crippen molar-refractivity contribution in [2.75, 3.05) is 5.32 Å². The fourth-order valence-corrected chi connectivity index (χ4v) is 3.30. The molecule has 0 atom stereocenters. The van der Waals surface area contributed by atoms with Crippen LogP contribution < -0.4 is 5.32 Å². The second-order valence-electron chi connectivity index (χ2n) is 6.24. The van der Waals surface area contributed by atoms with Crippen LogP contribution in [0.5, 0.6) is 0 Å². The summed E-state index contributed by atoms with van der Waals surface area (Å²) < 4.78 is 15.9. The lowest BCUT2D eigenvalue weighted by molar-refractivity contribution is 0.126. The third-order valence-electron chi connectivity index (χ3n) is 4.62. The van der Waals surface area contributed by atoms with Crippen LogP contribution in [-0.4, -0.2) is 31.6 Å². The van der Waals surface area contributed by atoms with Gasteiger partial charge in [-0.1, -0.05) is 12.1 Å². The SMILES string of the molecule is OC1CCC(Nc2nccn3c(-c4ccccc4F)cnc23)CC1. The molecular formula is C18H19FN4O. The number of hydrogen-bond donors (Lipinski definition) is 2. The van der Waals surface area contributed by atoms with Crippen LogP contribution in [0.3, 0.4) is 0 Å². The lowest BCUT2D eigenvalue weighted by Crippen LogP contribution is -2.28. The average Bonchev–Trinajstić information content (AvgIpc) is 3.02. The number of aliphatic hydroxyl groups excluding tert-OH is 1. The zero-order valence-corrected chi connectivity index (χ0v) is 13.2. The third kappa shape index (κ3) is 2.73. The average molecular weight is 326 g/mol. The predicted molar refractivity (Wildman–Crippen MR) is 90.3 cm³/mol. The summed E-state index contributed by atoms with van der Waals surface area (Å²) in [5.41, 5.74) is 1.90. The highest BCUT2D eigenvalue weighted by Crippen LogP contribution is 2.27. The molecule has 0 radical (unpaired) electrons. The Morgan fingerprint density at radius 3 is 2.71 bits per heavy atom. The fourth-order valence-electron chi connectivity index (χ4n) is 3.30. The molecule has 0 unspecified atom stereocenters. The first-order chi connectivity index (χ1) is 11.7. The molecule has 0 amide bonds. The van der Waals surface area contributed by atoms with Gasteiger partial charge < -0.3 is 10.4 Å². The quantitative estimate of drug-likeness (QED) is 0.775. The number of benzene rings is 1. The Balaban J connectivity index is 1.68. The Hall–Kier alpha value is -2.47. The van der Waals surface area contributed by atoms with Crippen LogP contribution in [-0.2, 0) is 0 Å². The molecule has 1 aliphatic carbocycles. The minimum atomic E-state index is -0.271. The summed E-state index contributed by atoms with van der Waals surface area (Å²) in [6.07, 6.45) is 8.39. The summed E-state index contributed by atoms with van der Waals surface area (Å²) in [5.74, 6) is 0.424. The van der Waals surface area contributed by atoms with Gasteiger partial charge in [-0.15, -0.1) is 0 Å². The zero-order chi connectivity index (χ0) is 16.5. The second-order valence-corrected chi connectivity index (χ2v) is 6.24.